The van der Waals surface area contributed by atoms with Crippen LogP contribution in [0.25, 0.3) is 0 Å². The molecule has 1 aliphatic carbocycles. The molecule has 3 heteroatoms. The maximum absolute atomic E-state index is 10.2. The van der Waals surface area contributed by atoms with Crippen LogP contribution in [0.2, 0.25) is 0 Å². The smallest absolute Gasteiger partial charge is 0.0807 e. The van der Waals surface area contributed by atoms with Crippen molar-refractivity contribution in [1.82, 2.24) is 4.57 Å². The Labute approximate surface area is 128 Å². The fourth-order valence-electron chi connectivity index (χ4n) is 3.33. The zero-order valence-electron chi connectivity index (χ0n) is 11.9. The van der Waals surface area contributed by atoms with Crippen LogP contribution in [0.4, 0.5) is 0 Å². The summed E-state index contributed by atoms with van der Waals surface area (Å²) in [6, 6.07) is 11.0. The van der Waals surface area contributed by atoms with Crippen molar-refractivity contribution in [3.8, 4) is 0 Å². The first-order valence-corrected chi connectivity index (χ1v) is 8.01. The van der Waals surface area contributed by atoms with E-state index in [2.05, 4.69) is 64.7 Å². The van der Waals surface area contributed by atoms with Crippen LogP contribution in [0, 0.1) is 6.92 Å². The molecule has 2 nitrogen and oxygen atoms in total. The van der Waals surface area contributed by atoms with Crippen LogP contribution in [0.5, 0.6) is 0 Å². The lowest BCUT2D eigenvalue weighted by molar-refractivity contribution is 0.155. The Morgan fingerprint density at radius 2 is 2.00 bits per heavy atom. The van der Waals surface area contributed by atoms with Crippen molar-refractivity contribution in [3.63, 3.8) is 0 Å². The Morgan fingerprint density at radius 3 is 2.70 bits per heavy atom. The molecule has 106 valence electrons. The minimum absolute atomic E-state index is 0.282. The molecular weight excluding hydrogens is 314 g/mol. The van der Waals surface area contributed by atoms with Crippen molar-refractivity contribution < 1.29 is 5.11 Å². The Kier molecular flexibility index (Phi) is 3.74. The highest BCUT2D eigenvalue weighted by Gasteiger charge is 2.25. The van der Waals surface area contributed by atoms with Gasteiger partial charge in [-0.2, -0.15) is 0 Å². The Morgan fingerprint density at radius 1 is 1.30 bits per heavy atom. The van der Waals surface area contributed by atoms with E-state index in [4.69, 9.17) is 0 Å². The fourth-order valence-corrected chi connectivity index (χ4v) is 3.60. The maximum Gasteiger partial charge on any atom is 0.0807 e. The summed E-state index contributed by atoms with van der Waals surface area (Å²) in [4.78, 5) is 0. The number of aliphatic hydroxyl groups excluding tert-OH is 1. The molecule has 20 heavy (non-hydrogen) atoms. The van der Waals surface area contributed by atoms with E-state index in [1.165, 1.54) is 17.0 Å². The van der Waals surface area contributed by atoms with Crippen LogP contribution in [0.1, 0.15) is 54.4 Å². The molecule has 0 spiro atoms. The third-order valence-corrected chi connectivity index (χ3v) is 4.89. The van der Waals surface area contributed by atoms with E-state index in [1.54, 1.807) is 0 Å². The second-order valence-electron chi connectivity index (χ2n) is 5.69. The highest BCUT2D eigenvalue weighted by atomic mass is 79.9. The van der Waals surface area contributed by atoms with Crippen LogP contribution < -0.4 is 0 Å². The fraction of sp³-hybridized carbons (Fsp3) is 0.412. The number of nitrogens with zero attached hydrogens (tertiary/aromatic N) is 1. The largest absolute Gasteiger partial charge is 0.388 e. The summed E-state index contributed by atoms with van der Waals surface area (Å²) >= 11 is 3.49. The van der Waals surface area contributed by atoms with Crippen molar-refractivity contribution in [2.75, 3.05) is 0 Å². The van der Waals surface area contributed by atoms with Crippen LogP contribution in [-0.4, -0.2) is 9.67 Å². The first-order valence-electron chi connectivity index (χ1n) is 7.22. The van der Waals surface area contributed by atoms with Crippen molar-refractivity contribution in [2.24, 2.45) is 0 Å². The molecule has 1 aromatic carbocycles. The molecular formula is C17H20BrNO. The van der Waals surface area contributed by atoms with Crippen molar-refractivity contribution in [3.05, 3.63) is 57.3 Å². The number of benzene rings is 1. The molecule has 0 amide bonds. The molecule has 2 atom stereocenters. The molecule has 1 aliphatic rings. The first kappa shape index (κ1) is 13.9. The summed E-state index contributed by atoms with van der Waals surface area (Å²) in [6.45, 7) is 4.37. The normalized spacial score (nSPS) is 19.7. The molecule has 2 unspecified atom stereocenters. The Bertz CT molecular complexity index is 615. The first-order chi connectivity index (χ1) is 9.58. The van der Waals surface area contributed by atoms with Gasteiger partial charge in [0.15, 0.2) is 0 Å². The monoisotopic (exact) mass is 333 g/mol. The average molecular weight is 334 g/mol. The summed E-state index contributed by atoms with van der Waals surface area (Å²) in [5.74, 6) is 0. The second-order valence-corrected chi connectivity index (χ2v) is 6.61. The van der Waals surface area contributed by atoms with Gasteiger partial charge in [-0.1, -0.05) is 28.1 Å². The van der Waals surface area contributed by atoms with Gasteiger partial charge < -0.3 is 9.67 Å². The lowest BCUT2D eigenvalue weighted by Gasteiger charge is -2.24. The number of aliphatic hydroxyl groups is 1. The third-order valence-electron chi connectivity index (χ3n) is 4.36. The molecule has 0 saturated heterocycles. The van der Waals surface area contributed by atoms with Crippen molar-refractivity contribution >= 4 is 15.9 Å². The quantitative estimate of drug-likeness (QED) is 0.857. The van der Waals surface area contributed by atoms with E-state index in [-0.39, 0.29) is 6.10 Å². The van der Waals surface area contributed by atoms with E-state index in [0.29, 0.717) is 6.04 Å². The van der Waals surface area contributed by atoms with Crippen molar-refractivity contribution in [1.29, 1.82) is 0 Å². The number of hydrogen-bond acceptors (Lipinski definition) is 1. The number of halogens is 1. The van der Waals surface area contributed by atoms with Gasteiger partial charge >= 0.3 is 0 Å². The lowest BCUT2D eigenvalue weighted by Crippen LogP contribution is -2.16. The predicted molar refractivity (Wildman–Crippen MR) is 85.0 cm³/mol. The van der Waals surface area contributed by atoms with Crippen LogP contribution in [0.3, 0.4) is 0 Å². The highest BCUT2D eigenvalue weighted by Crippen LogP contribution is 2.35. The lowest BCUT2D eigenvalue weighted by atomic mass is 9.95. The van der Waals surface area contributed by atoms with Gasteiger partial charge in [0.1, 0.15) is 0 Å². The van der Waals surface area contributed by atoms with Gasteiger partial charge in [0.05, 0.1) is 12.1 Å². The zero-order valence-corrected chi connectivity index (χ0v) is 13.5. The number of hydrogen-bond donors (Lipinski definition) is 1. The molecule has 0 saturated carbocycles. The molecule has 0 radical (unpaired) electrons. The highest BCUT2D eigenvalue weighted by molar-refractivity contribution is 9.10. The van der Waals surface area contributed by atoms with Gasteiger partial charge in [-0.05, 0) is 56.9 Å². The molecule has 3 rings (SSSR count). The number of aryl methyl sites for hydroxylation is 1. The number of aromatic nitrogens is 1. The van der Waals surface area contributed by atoms with Gasteiger partial charge in [0.2, 0.25) is 0 Å². The summed E-state index contributed by atoms with van der Waals surface area (Å²) in [5.41, 5.74) is 5.00. The molecule has 1 heterocycles. The van der Waals surface area contributed by atoms with E-state index in [1.807, 2.05) is 0 Å². The molecule has 1 N–H and O–H groups in total. The maximum atomic E-state index is 10.2. The average Bonchev–Trinajstić information content (AvgIpc) is 2.77. The zero-order chi connectivity index (χ0) is 14.3. The van der Waals surface area contributed by atoms with Gasteiger partial charge in [-0.15, -0.1) is 0 Å². The van der Waals surface area contributed by atoms with Gasteiger partial charge in [0.25, 0.3) is 0 Å². The Hall–Kier alpha value is -1.06. The third kappa shape index (κ3) is 2.33. The SMILES string of the molecule is Cc1cc2c(n1C(C)c1ccc(Br)cc1)CCCC2O. The predicted octanol–water partition coefficient (Wildman–Crippen LogP) is 4.54. The van der Waals surface area contributed by atoms with Crippen LogP contribution in [-0.2, 0) is 6.42 Å². The summed E-state index contributed by atoms with van der Waals surface area (Å²) in [5, 5.41) is 10.2. The number of rotatable bonds is 2. The Balaban J connectivity index is 2.03. The van der Waals surface area contributed by atoms with Crippen LogP contribution >= 0.6 is 15.9 Å². The van der Waals surface area contributed by atoms with E-state index in [0.717, 1.165) is 29.3 Å². The van der Waals surface area contributed by atoms with E-state index in [9.17, 15) is 5.11 Å². The van der Waals surface area contributed by atoms with Crippen molar-refractivity contribution in [2.45, 2.75) is 45.3 Å². The second kappa shape index (κ2) is 5.38. The molecule has 2 aromatic rings. The molecule has 0 aliphatic heterocycles. The molecule has 1 aromatic heterocycles. The van der Waals surface area contributed by atoms with Gasteiger partial charge in [0, 0.05) is 21.4 Å². The molecule has 0 bridgehead atoms. The number of fused-ring (bicyclic) bond motifs is 1. The topological polar surface area (TPSA) is 25.2 Å². The van der Waals surface area contributed by atoms with E-state index < -0.39 is 0 Å². The van der Waals surface area contributed by atoms with E-state index >= 15 is 0 Å². The minimum atomic E-state index is -0.282. The summed E-state index contributed by atoms with van der Waals surface area (Å²) in [7, 11) is 0. The van der Waals surface area contributed by atoms with Gasteiger partial charge in [-0.25, -0.2) is 0 Å². The standard InChI is InChI=1S/C17H20BrNO/c1-11-10-15-16(4-3-5-17(15)20)19(11)12(2)13-6-8-14(18)9-7-13/h6-10,12,17,20H,3-5H2,1-2H3. The summed E-state index contributed by atoms with van der Waals surface area (Å²) in [6.07, 6.45) is 2.75. The van der Waals surface area contributed by atoms with Gasteiger partial charge in [-0.3, -0.25) is 0 Å². The minimum Gasteiger partial charge on any atom is -0.388 e. The molecule has 0 fully saturated rings. The summed E-state index contributed by atoms with van der Waals surface area (Å²) < 4.78 is 3.50. The van der Waals surface area contributed by atoms with Crippen LogP contribution in [0.15, 0.2) is 34.8 Å².